The Morgan fingerprint density at radius 2 is 1.65 bits per heavy atom. The normalized spacial score (nSPS) is 12.1. The number of benzene rings is 2. The fourth-order valence-electron chi connectivity index (χ4n) is 2.25. The van der Waals surface area contributed by atoms with Gasteiger partial charge in [-0.05, 0) is 48.2 Å². The summed E-state index contributed by atoms with van der Waals surface area (Å²) in [5.74, 6) is 0.463. The summed E-state index contributed by atoms with van der Waals surface area (Å²) >= 11 is 12.0. The number of urea groups is 1. The van der Waals surface area contributed by atoms with Crippen molar-refractivity contribution in [3.8, 4) is 0 Å². The van der Waals surface area contributed by atoms with Gasteiger partial charge in [0, 0.05) is 15.7 Å². The number of hydrogen-bond acceptors (Lipinski definition) is 1. The monoisotopic (exact) mass is 350 g/mol. The van der Waals surface area contributed by atoms with Gasteiger partial charge in [-0.25, -0.2) is 4.79 Å². The van der Waals surface area contributed by atoms with Crippen LogP contribution in [-0.4, -0.2) is 6.03 Å². The topological polar surface area (TPSA) is 41.1 Å². The average molecular weight is 351 g/mol. The number of hydrogen-bond donors (Lipinski definition) is 2. The lowest BCUT2D eigenvalue weighted by Gasteiger charge is -2.17. The highest BCUT2D eigenvalue weighted by molar-refractivity contribution is 6.35. The first-order chi connectivity index (χ1) is 10.9. The minimum atomic E-state index is -0.277. The molecule has 2 rings (SSSR count). The lowest BCUT2D eigenvalue weighted by Crippen LogP contribution is -2.31. The molecule has 0 radical (unpaired) electrons. The molecule has 2 N–H and O–H groups in total. The van der Waals surface area contributed by atoms with Gasteiger partial charge in [0.05, 0.1) is 6.04 Å². The van der Waals surface area contributed by atoms with Crippen LogP contribution >= 0.6 is 23.2 Å². The molecule has 0 saturated heterocycles. The largest absolute Gasteiger partial charge is 0.331 e. The van der Waals surface area contributed by atoms with Crippen LogP contribution in [-0.2, 0) is 0 Å². The second-order valence-electron chi connectivity index (χ2n) is 5.76. The summed E-state index contributed by atoms with van der Waals surface area (Å²) in [5, 5.41) is 6.79. The summed E-state index contributed by atoms with van der Waals surface area (Å²) in [6, 6.07) is 12.6. The summed E-state index contributed by atoms with van der Waals surface area (Å²) in [6.45, 7) is 6.13. The second kappa shape index (κ2) is 7.71. The molecular formula is C18H20Cl2N2O. The standard InChI is InChI=1S/C18H20Cl2N2O/c1-11(2)13-4-7-15(8-5-13)22-18(23)21-12(3)16-9-6-14(19)10-17(16)20/h4-12H,1-3H3,(H2,21,22,23). The molecule has 2 aromatic carbocycles. The van der Waals surface area contributed by atoms with E-state index in [1.807, 2.05) is 37.3 Å². The molecule has 0 saturated carbocycles. The summed E-state index contributed by atoms with van der Waals surface area (Å²) in [7, 11) is 0. The van der Waals surface area contributed by atoms with Crippen molar-refractivity contribution in [3.05, 3.63) is 63.6 Å². The van der Waals surface area contributed by atoms with Crippen LogP contribution in [0.1, 0.15) is 43.9 Å². The van der Waals surface area contributed by atoms with Gasteiger partial charge in [0.1, 0.15) is 0 Å². The number of rotatable bonds is 4. The Morgan fingerprint density at radius 3 is 2.22 bits per heavy atom. The maximum absolute atomic E-state index is 12.1. The number of amides is 2. The van der Waals surface area contributed by atoms with Gasteiger partial charge < -0.3 is 10.6 Å². The van der Waals surface area contributed by atoms with Crippen molar-refractivity contribution in [2.24, 2.45) is 0 Å². The third-order valence-corrected chi connectivity index (χ3v) is 4.17. The first-order valence-electron chi connectivity index (χ1n) is 7.49. The maximum Gasteiger partial charge on any atom is 0.319 e. The van der Waals surface area contributed by atoms with Gasteiger partial charge in [-0.3, -0.25) is 0 Å². The Labute approximate surface area is 147 Å². The van der Waals surface area contributed by atoms with Gasteiger partial charge in [-0.15, -0.1) is 0 Å². The van der Waals surface area contributed by atoms with E-state index in [9.17, 15) is 4.79 Å². The van der Waals surface area contributed by atoms with E-state index in [0.29, 0.717) is 16.0 Å². The molecule has 2 aromatic rings. The van der Waals surface area contributed by atoms with Crippen LogP contribution in [0.15, 0.2) is 42.5 Å². The maximum atomic E-state index is 12.1. The Bertz CT molecular complexity index is 684. The van der Waals surface area contributed by atoms with Crippen LogP contribution in [0.4, 0.5) is 10.5 Å². The van der Waals surface area contributed by atoms with Crippen LogP contribution in [0.25, 0.3) is 0 Å². The van der Waals surface area contributed by atoms with Gasteiger partial charge in [-0.1, -0.05) is 55.2 Å². The van der Waals surface area contributed by atoms with Gasteiger partial charge in [-0.2, -0.15) is 0 Å². The number of nitrogens with one attached hydrogen (secondary N) is 2. The lowest BCUT2D eigenvalue weighted by atomic mass is 10.0. The Hall–Kier alpha value is -1.71. The highest BCUT2D eigenvalue weighted by Crippen LogP contribution is 2.26. The van der Waals surface area contributed by atoms with E-state index in [-0.39, 0.29) is 12.1 Å². The molecule has 0 aliphatic rings. The van der Waals surface area contributed by atoms with E-state index in [1.54, 1.807) is 12.1 Å². The molecule has 0 aliphatic carbocycles. The first kappa shape index (κ1) is 17.6. The van der Waals surface area contributed by atoms with E-state index in [0.717, 1.165) is 11.3 Å². The van der Waals surface area contributed by atoms with Crippen molar-refractivity contribution in [2.45, 2.75) is 32.7 Å². The predicted molar refractivity (Wildman–Crippen MR) is 97.6 cm³/mol. The second-order valence-corrected chi connectivity index (χ2v) is 6.61. The van der Waals surface area contributed by atoms with Crippen molar-refractivity contribution >= 4 is 34.9 Å². The molecule has 0 bridgehead atoms. The Balaban J connectivity index is 1.98. The quantitative estimate of drug-likeness (QED) is 0.697. The molecule has 122 valence electrons. The molecule has 2 amide bonds. The molecular weight excluding hydrogens is 331 g/mol. The molecule has 1 unspecified atom stereocenters. The number of anilines is 1. The van der Waals surface area contributed by atoms with Crippen LogP contribution in [0.3, 0.4) is 0 Å². The minimum absolute atomic E-state index is 0.227. The van der Waals surface area contributed by atoms with E-state index >= 15 is 0 Å². The van der Waals surface area contributed by atoms with Crippen LogP contribution in [0.2, 0.25) is 10.0 Å². The summed E-state index contributed by atoms with van der Waals surface area (Å²) < 4.78 is 0. The fourth-order valence-corrected chi connectivity index (χ4v) is 2.82. The predicted octanol–water partition coefficient (Wildman–Crippen LogP) is 6.00. The molecule has 3 nitrogen and oxygen atoms in total. The molecule has 0 fully saturated rings. The first-order valence-corrected chi connectivity index (χ1v) is 8.25. The van der Waals surface area contributed by atoms with Gasteiger partial charge in [0.25, 0.3) is 0 Å². The SMILES string of the molecule is CC(C)c1ccc(NC(=O)NC(C)c2ccc(Cl)cc2Cl)cc1. The van der Waals surface area contributed by atoms with E-state index < -0.39 is 0 Å². The highest BCUT2D eigenvalue weighted by atomic mass is 35.5. The fraction of sp³-hybridized carbons (Fsp3) is 0.278. The van der Waals surface area contributed by atoms with E-state index in [4.69, 9.17) is 23.2 Å². The molecule has 0 aliphatic heterocycles. The van der Waals surface area contributed by atoms with Crippen LogP contribution in [0.5, 0.6) is 0 Å². The molecule has 0 heterocycles. The zero-order valence-electron chi connectivity index (χ0n) is 13.4. The molecule has 0 aromatic heterocycles. The molecule has 5 heteroatoms. The van der Waals surface area contributed by atoms with E-state index in [1.165, 1.54) is 5.56 Å². The van der Waals surface area contributed by atoms with Crippen molar-refractivity contribution in [1.29, 1.82) is 0 Å². The molecule has 1 atom stereocenters. The Kier molecular flexibility index (Phi) is 5.91. The highest BCUT2D eigenvalue weighted by Gasteiger charge is 2.13. The van der Waals surface area contributed by atoms with Crippen LogP contribution in [0, 0.1) is 0 Å². The van der Waals surface area contributed by atoms with Gasteiger partial charge >= 0.3 is 6.03 Å². The van der Waals surface area contributed by atoms with Crippen molar-refractivity contribution in [2.75, 3.05) is 5.32 Å². The number of carbonyl (C=O) groups excluding carboxylic acids is 1. The van der Waals surface area contributed by atoms with Gasteiger partial charge in [0.15, 0.2) is 0 Å². The van der Waals surface area contributed by atoms with E-state index in [2.05, 4.69) is 24.5 Å². The minimum Gasteiger partial charge on any atom is -0.331 e. The third kappa shape index (κ3) is 4.88. The third-order valence-electron chi connectivity index (χ3n) is 3.61. The van der Waals surface area contributed by atoms with Crippen molar-refractivity contribution in [1.82, 2.24) is 5.32 Å². The Morgan fingerprint density at radius 1 is 1.00 bits per heavy atom. The molecule has 23 heavy (non-hydrogen) atoms. The smallest absolute Gasteiger partial charge is 0.319 e. The molecule has 0 spiro atoms. The summed E-state index contributed by atoms with van der Waals surface area (Å²) in [5.41, 5.74) is 2.81. The van der Waals surface area contributed by atoms with Crippen molar-refractivity contribution in [3.63, 3.8) is 0 Å². The summed E-state index contributed by atoms with van der Waals surface area (Å²) in [6.07, 6.45) is 0. The van der Waals surface area contributed by atoms with Gasteiger partial charge in [0.2, 0.25) is 0 Å². The van der Waals surface area contributed by atoms with Crippen LogP contribution < -0.4 is 10.6 Å². The number of halogens is 2. The van der Waals surface area contributed by atoms with Crippen molar-refractivity contribution < 1.29 is 4.79 Å². The average Bonchev–Trinajstić information content (AvgIpc) is 2.47. The summed E-state index contributed by atoms with van der Waals surface area (Å²) in [4.78, 5) is 12.1. The lowest BCUT2D eigenvalue weighted by molar-refractivity contribution is 0.249. The number of carbonyl (C=O) groups is 1. The zero-order valence-corrected chi connectivity index (χ0v) is 14.9. The zero-order chi connectivity index (χ0) is 17.0.